The van der Waals surface area contributed by atoms with Crippen LogP contribution in [0, 0.1) is 5.92 Å². The number of nitrogens with one attached hydrogen (secondary N) is 2. The lowest BCUT2D eigenvalue weighted by atomic mass is 10.1. The van der Waals surface area contributed by atoms with Crippen LogP contribution >= 0.6 is 0 Å². The summed E-state index contributed by atoms with van der Waals surface area (Å²) in [7, 11) is -3.46. The summed E-state index contributed by atoms with van der Waals surface area (Å²) in [6.45, 7) is 6.50. The highest BCUT2D eigenvalue weighted by Gasteiger charge is 2.17. The number of rotatable bonds is 8. The minimum absolute atomic E-state index is 0.297. The molecule has 6 heteroatoms. The van der Waals surface area contributed by atoms with Gasteiger partial charge in [-0.25, -0.2) is 13.1 Å². The molecule has 0 unspecified atom stereocenters. The van der Waals surface area contributed by atoms with Crippen molar-refractivity contribution in [2.45, 2.75) is 31.6 Å². The monoisotopic (exact) mass is 312 g/mol. The van der Waals surface area contributed by atoms with Gasteiger partial charge in [0.25, 0.3) is 0 Å². The lowest BCUT2D eigenvalue weighted by Gasteiger charge is -2.09. The Labute approximate surface area is 127 Å². The highest BCUT2D eigenvalue weighted by Crippen LogP contribution is 2.25. The summed E-state index contributed by atoms with van der Waals surface area (Å²) in [4.78, 5) is 0.304. The largest absolute Gasteiger partial charge is 0.384 e. The predicted octanol–water partition coefficient (Wildman–Crippen LogP) is 2.00. The van der Waals surface area contributed by atoms with Crippen LogP contribution in [0.2, 0.25) is 0 Å². The van der Waals surface area contributed by atoms with Gasteiger partial charge in [-0.2, -0.15) is 0 Å². The van der Waals surface area contributed by atoms with Crippen LogP contribution in [0.1, 0.15) is 25.8 Å². The molecule has 0 aliphatic carbocycles. The van der Waals surface area contributed by atoms with E-state index < -0.39 is 10.0 Å². The Morgan fingerprint density at radius 2 is 2.14 bits per heavy atom. The molecule has 0 radical (unpaired) electrons. The first-order valence-electron chi connectivity index (χ1n) is 7.43. The van der Waals surface area contributed by atoms with Crippen molar-refractivity contribution in [3.05, 3.63) is 23.8 Å². The third kappa shape index (κ3) is 4.69. The van der Waals surface area contributed by atoms with Crippen molar-refractivity contribution in [3.63, 3.8) is 0 Å². The Hall–Kier alpha value is -1.11. The summed E-state index contributed by atoms with van der Waals surface area (Å²) in [5.41, 5.74) is 2.09. The fourth-order valence-corrected chi connectivity index (χ4v) is 3.23. The molecule has 0 bridgehead atoms. The third-order valence-corrected chi connectivity index (χ3v) is 4.94. The molecule has 0 amide bonds. The summed E-state index contributed by atoms with van der Waals surface area (Å²) in [5.74, 6) is 0.598. The highest BCUT2D eigenvalue weighted by molar-refractivity contribution is 7.89. The van der Waals surface area contributed by atoms with E-state index in [2.05, 4.69) is 23.9 Å². The molecule has 5 nitrogen and oxygen atoms in total. The van der Waals surface area contributed by atoms with E-state index in [-0.39, 0.29) is 0 Å². The van der Waals surface area contributed by atoms with Gasteiger partial charge in [0.1, 0.15) is 0 Å². The fourth-order valence-electron chi connectivity index (χ4n) is 2.19. The second-order valence-corrected chi connectivity index (χ2v) is 7.46. The zero-order valence-corrected chi connectivity index (χ0v) is 13.5. The van der Waals surface area contributed by atoms with Gasteiger partial charge < -0.3 is 10.1 Å². The maximum atomic E-state index is 12.2. The number of anilines is 1. The van der Waals surface area contributed by atoms with E-state index in [0.29, 0.717) is 30.6 Å². The molecule has 2 rings (SSSR count). The molecule has 1 aromatic carbocycles. The van der Waals surface area contributed by atoms with Crippen molar-refractivity contribution in [2.75, 3.05) is 31.6 Å². The highest BCUT2D eigenvalue weighted by atomic mass is 32.2. The van der Waals surface area contributed by atoms with Crippen LogP contribution in [0.5, 0.6) is 0 Å². The first kappa shape index (κ1) is 16.3. The smallest absolute Gasteiger partial charge is 0.240 e. The Bertz CT molecular complexity index is 570. The lowest BCUT2D eigenvalue weighted by Crippen LogP contribution is -2.27. The van der Waals surface area contributed by atoms with E-state index in [0.717, 1.165) is 25.1 Å². The summed E-state index contributed by atoms with van der Waals surface area (Å²) < 4.78 is 32.3. The van der Waals surface area contributed by atoms with Gasteiger partial charge in [0.05, 0.1) is 11.5 Å². The van der Waals surface area contributed by atoms with Crippen LogP contribution in [-0.2, 0) is 21.2 Å². The minimum Gasteiger partial charge on any atom is -0.384 e. The fraction of sp³-hybridized carbons (Fsp3) is 0.600. The SMILES string of the molecule is CC(C)CCOCCNS(=O)(=O)c1ccc2c(c1)NCC2. The van der Waals surface area contributed by atoms with E-state index >= 15 is 0 Å². The predicted molar refractivity (Wildman–Crippen MR) is 84.1 cm³/mol. The number of ether oxygens (including phenoxy) is 1. The maximum absolute atomic E-state index is 12.2. The van der Waals surface area contributed by atoms with E-state index in [1.807, 2.05) is 6.07 Å². The molecule has 1 heterocycles. The Kier molecular flexibility index (Phi) is 5.61. The topological polar surface area (TPSA) is 67.4 Å². The molecule has 2 N–H and O–H groups in total. The van der Waals surface area contributed by atoms with E-state index in [9.17, 15) is 8.42 Å². The van der Waals surface area contributed by atoms with Crippen molar-refractivity contribution in [1.82, 2.24) is 4.72 Å². The molecule has 1 aliphatic rings. The van der Waals surface area contributed by atoms with Crippen molar-refractivity contribution in [1.29, 1.82) is 0 Å². The molecule has 0 fully saturated rings. The summed E-state index contributed by atoms with van der Waals surface area (Å²) in [5, 5.41) is 3.19. The molecular weight excluding hydrogens is 288 g/mol. The van der Waals surface area contributed by atoms with Gasteiger partial charge >= 0.3 is 0 Å². The molecule has 0 saturated carbocycles. The van der Waals surface area contributed by atoms with Gasteiger partial charge in [-0.05, 0) is 36.5 Å². The number of benzene rings is 1. The minimum atomic E-state index is -3.46. The number of hydrogen-bond donors (Lipinski definition) is 2. The summed E-state index contributed by atoms with van der Waals surface area (Å²) in [6.07, 6.45) is 1.94. The van der Waals surface area contributed by atoms with Gasteiger partial charge in [0, 0.05) is 25.4 Å². The van der Waals surface area contributed by atoms with Gasteiger partial charge in [0.2, 0.25) is 10.0 Å². The molecular formula is C15H24N2O3S. The van der Waals surface area contributed by atoms with Crippen LogP contribution in [0.15, 0.2) is 23.1 Å². The Morgan fingerprint density at radius 3 is 2.90 bits per heavy atom. The van der Waals surface area contributed by atoms with Crippen LogP contribution in [-0.4, -0.2) is 34.7 Å². The van der Waals surface area contributed by atoms with Gasteiger partial charge in [-0.3, -0.25) is 0 Å². The number of sulfonamides is 1. The first-order valence-corrected chi connectivity index (χ1v) is 8.91. The average molecular weight is 312 g/mol. The van der Waals surface area contributed by atoms with Gasteiger partial charge in [-0.1, -0.05) is 19.9 Å². The molecule has 0 atom stereocenters. The van der Waals surface area contributed by atoms with Crippen molar-refractivity contribution in [3.8, 4) is 0 Å². The third-order valence-electron chi connectivity index (χ3n) is 3.48. The zero-order chi connectivity index (χ0) is 15.3. The van der Waals surface area contributed by atoms with Crippen molar-refractivity contribution >= 4 is 15.7 Å². The van der Waals surface area contributed by atoms with Crippen LogP contribution in [0.3, 0.4) is 0 Å². The van der Waals surface area contributed by atoms with Crippen LogP contribution in [0.25, 0.3) is 0 Å². The van der Waals surface area contributed by atoms with Gasteiger partial charge in [-0.15, -0.1) is 0 Å². The van der Waals surface area contributed by atoms with Gasteiger partial charge in [0.15, 0.2) is 0 Å². The molecule has 1 aromatic rings. The van der Waals surface area contributed by atoms with E-state index in [1.165, 1.54) is 5.56 Å². The quantitative estimate of drug-likeness (QED) is 0.721. The molecule has 1 aliphatic heterocycles. The van der Waals surface area contributed by atoms with E-state index in [4.69, 9.17) is 4.74 Å². The Balaban J connectivity index is 1.82. The Morgan fingerprint density at radius 1 is 1.33 bits per heavy atom. The first-order chi connectivity index (χ1) is 9.99. The lowest BCUT2D eigenvalue weighted by molar-refractivity contribution is 0.128. The summed E-state index contributed by atoms with van der Waals surface area (Å²) in [6, 6.07) is 5.24. The molecule has 0 aromatic heterocycles. The second kappa shape index (κ2) is 7.24. The molecule has 0 spiro atoms. The molecule has 21 heavy (non-hydrogen) atoms. The zero-order valence-electron chi connectivity index (χ0n) is 12.7. The number of hydrogen-bond acceptors (Lipinski definition) is 4. The second-order valence-electron chi connectivity index (χ2n) is 5.69. The normalized spacial score (nSPS) is 14.2. The van der Waals surface area contributed by atoms with Crippen molar-refractivity contribution in [2.24, 2.45) is 5.92 Å². The molecule has 0 saturated heterocycles. The van der Waals surface area contributed by atoms with Crippen molar-refractivity contribution < 1.29 is 13.2 Å². The molecule has 118 valence electrons. The van der Waals surface area contributed by atoms with Crippen LogP contribution in [0.4, 0.5) is 5.69 Å². The van der Waals surface area contributed by atoms with E-state index in [1.54, 1.807) is 12.1 Å². The number of fused-ring (bicyclic) bond motifs is 1. The summed E-state index contributed by atoms with van der Waals surface area (Å²) >= 11 is 0. The standard InChI is InChI=1S/C15H24N2O3S/c1-12(2)6-9-20-10-8-17-21(18,19)14-4-3-13-5-7-16-15(13)11-14/h3-4,11-12,16-17H,5-10H2,1-2H3. The van der Waals surface area contributed by atoms with Crippen LogP contribution < -0.4 is 10.0 Å². The average Bonchev–Trinajstić information content (AvgIpc) is 2.89. The maximum Gasteiger partial charge on any atom is 0.240 e.